The molecule has 0 bridgehead atoms. The molecule has 8 rings (SSSR count). The van der Waals surface area contributed by atoms with E-state index in [0.717, 1.165) is 51.6 Å². The Morgan fingerprint density at radius 2 is 1.65 bits per heavy atom. The van der Waals surface area contributed by atoms with Crippen molar-refractivity contribution in [3.63, 3.8) is 0 Å². The topological polar surface area (TPSA) is 62.7 Å². The second-order valence-electron chi connectivity index (χ2n) is 14.5. The van der Waals surface area contributed by atoms with E-state index in [2.05, 4.69) is 87.9 Å². The molecule has 0 spiro atoms. The predicted octanol–water partition coefficient (Wildman–Crippen LogP) is 11.4. The van der Waals surface area contributed by atoms with Crippen LogP contribution in [0.5, 0.6) is 0 Å². The summed E-state index contributed by atoms with van der Waals surface area (Å²) in [6.45, 7) is 1.06. The monoisotopic (exact) mass is 924 g/mol. The molecule has 0 fully saturated rings. The van der Waals surface area contributed by atoms with Gasteiger partial charge in [0.05, 0.1) is 5.58 Å². The van der Waals surface area contributed by atoms with Crippen molar-refractivity contribution < 1.29 is 30.0 Å². The van der Waals surface area contributed by atoms with E-state index in [9.17, 15) is 0 Å². The Morgan fingerprint density at radius 1 is 0.846 bits per heavy atom. The van der Waals surface area contributed by atoms with Crippen LogP contribution in [-0.4, -0.2) is 23.2 Å². The quantitative estimate of drug-likeness (QED) is 0.127. The van der Waals surface area contributed by atoms with Crippen molar-refractivity contribution in [3.8, 4) is 39.7 Å². The molecule has 0 amide bonds. The van der Waals surface area contributed by atoms with Crippen LogP contribution >= 0.6 is 0 Å². The number of aryl methyl sites for hydroxylation is 2. The minimum absolute atomic E-state index is 0. The molecule has 0 unspecified atom stereocenters. The SMILES string of the molecule is [2H]C([2H])([2H])c1cnc(-c2[c-]cc3oc4cc(-c5cccc6c5CCCC6)ccc4c3c2)cc1C([2H])(C)C.[CH3][Ge]([CH3])([CH3])[c]1ccc(-c2[c-]cc(C#N)cc2)nc1.[Ir]. The van der Waals surface area contributed by atoms with Gasteiger partial charge in [-0.05, 0) is 83.6 Å². The summed E-state index contributed by atoms with van der Waals surface area (Å²) >= 11 is -1.78. The molecule has 1 aliphatic rings. The van der Waals surface area contributed by atoms with Gasteiger partial charge >= 0.3 is 111 Å². The molecule has 3 heterocycles. The van der Waals surface area contributed by atoms with Crippen LogP contribution in [0.2, 0.25) is 17.3 Å². The number of hydrogen-bond acceptors (Lipinski definition) is 4. The fourth-order valence-corrected chi connectivity index (χ4v) is 8.93. The van der Waals surface area contributed by atoms with E-state index in [-0.39, 0.29) is 25.7 Å². The summed E-state index contributed by atoms with van der Waals surface area (Å²) in [4.78, 5) is 8.95. The average molecular weight is 923 g/mol. The maximum absolute atomic E-state index is 8.75. The number of aromatic nitrogens is 2. The number of furan rings is 1. The number of rotatable bonds is 5. The van der Waals surface area contributed by atoms with Gasteiger partial charge in [0.15, 0.2) is 0 Å². The third-order valence-electron chi connectivity index (χ3n) is 9.68. The molecule has 0 N–H and O–H groups in total. The molecule has 52 heavy (non-hydrogen) atoms. The standard InChI is InChI=1S/C31H28NO.C15H15GeN2.Ir/c1-19(2)27-17-29(32-18-20(27)3)23-12-14-30-28(15-23)26-13-11-22(16-31(26)33-30)25-10-6-8-21-7-4-5-9-24(21)25;1-16(2,3)14-8-9-15(18-11-14)13-6-4-12(10-17)5-7-13;/h6,8,10-11,13-19H,4-5,7,9H2,1-3H3;4-6,8-9,11H,1-3H3;/q2*-1;/i3D3,19D;;. The Kier molecular flexibility index (Phi) is 9.77. The van der Waals surface area contributed by atoms with Gasteiger partial charge in [-0.25, -0.2) is 0 Å². The number of nitrogens with zero attached hydrogens (tertiary/aromatic N) is 3. The van der Waals surface area contributed by atoms with Crippen molar-refractivity contribution in [2.75, 3.05) is 0 Å². The number of hydrogen-bond donors (Lipinski definition) is 0. The molecule has 4 nitrogen and oxygen atoms in total. The van der Waals surface area contributed by atoms with Crippen LogP contribution < -0.4 is 4.40 Å². The van der Waals surface area contributed by atoms with Gasteiger partial charge in [-0.15, -0.1) is 23.8 Å². The van der Waals surface area contributed by atoms with Crippen molar-refractivity contribution in [1.29, 1.82) is 5.26 Å². The first-order valence-corrected chi connectivity index (χ1v) is 24.8. The zero-order valence-electron chi connectivity index (χ0n) is 34.1. The molecule has 1 aliphatic carbocycles. The number of benzene rings is 4. The van der Waals surface area contributed by atoms with E-state index in [1.54, 1.807) is 32.0 Å². The molecule has 0 atom stereocenters. The molecule has 0 aliphatic heterocycles. The van der Waals surface area contributed by atoms with Crippen molar-refractivity contribution in [2.45, 2.75) is 69.5 Å². The number of fused-ring (bicyclic) bond motifs is 4. The molecular weight excluding hydrogens is 875 g/mol. The van der Waals surface area contributed by atoms with Crippen LogP contribution in [0.4, 0.5) is 0 Å². The summed E-state index contributed by atoms with van der Waals surface area (Å²) in [6.07, 6.45) is 8.12. The largest absolute Gasteiger partial charge is 0 e. The van der Waals surface area contributed by atoms with Crippen LogP contribution in [0.15, 0.2) is 102 Å². The summed E-state index contributed by atoms with van der Waals surface area (Å²) in [5.74, 6) is 5.97. The minimum atomic E-state index is -2.33. The first-order valence-electron chi connectivity index (χ1n) is 19.5. The summed E-state index contributed by atoms with van der Waals surface area (Å²) in [6, 6.07) is 36.6. The van der Waals surface area contributed by atoms with Gasteiger partial charge in [0.1, 0.15) is 5.58 Å². The summed E-state index contributed by atoms with van der Waals surface area (Å²) in [5.41, 5.74) is 11.3. The van der Waals surface area contributed by atoms with Crippen molar-refractivity contribution in [3.05, 3.63) is 137 Å². The maximum atomic E-state index is 8.75. The van der Waals surface area contributed by atoms with Gasteiger partial charge in [0, 0.05) is 37.2 Å². The third kappa shape index (κ3) is 7.86. The second kappa shape index (κ2) is 15.7. The molecule has 263 valence electrons. The van der Waals surface area contributed by atoms with Gasteiger partial charge in [0.25, 0.3) is 0 Å². The van der Waals surface area contributed by atoms with Gasteiger partial charge in [0.2, 0.25) is 0 Å². The Morgan fingerprint density at radius 3 is 2.37 bits per heavy atom. The Balaban J connectivity index is 0.000000236. The maximum Gasteiger partial charge on any atom is 0 e. The Hall–Kier alpha value is -4.34. The van der Waals surface area contributed by atoms with Crippen LogP contribution in [-0.2, 0) is 32.9 Å². The molecule has 0 saturated heterocycles. The first-order chi connectivity index (χ1) is 26.1. The first kappa shape index (κ1) is 32.3. The Labute approximate surface area is 329 Å². The molecule has 7 aromatic rings. The van der Waals surface area contributed by atoms with Gasteiger partial charge in [-0.3, -0.25) is 0 Å². The average Bonchev–Trinajstić information content (AvgIpc) is 3.54. The van der Waals surface area contributed by atoms with Crippen LogP contribution in [0.3, 0.4) is 0 Å². The molecule has 4 aromatic carbocycles. The fourth-order valence-electron chi connectivity index (χ4n) is 6.75. The number of nitriles is 1. The zero-order chi connectivity index (χ0) is 39.1. The second-order valence-corrected chi connectivity index (χ2v) is 25.1. The van der Waals surface area contributed by atoms with Crippen molar-refractivity contribution in [2.24, 2.45) is 0 Å². The molecule has 1 radical (unpaired) electrons. The summed E-state index contributed by atoms with van der Waals surface area (Å²) in [5, 5.41) is 10.7. The Bertz CT molecular complexity index is 2560. The smallest absolute Gasteiger partial charge is 0 e. The normalized spacial score (nSPS) is 14.1. The predicted molar refractivity (Wildman–Crippen MR) is 213 cm³/mol. The van der Waals surface area contributed by atoms with Crippen molar-refractivity contribution in [1.82, 2.24) is 9.97 Å². The van der Waals surface area contributed by atoms with E-state index < -0.39 is 26.0 Å². The van der Waals surface area contributed by atoms with E-state index in [0.29, 0.717) is 16.8 Å². The van der Waals surface area contributed by atoms with E-state index in [1.165, 1.54) is 45.7 Å². The minimum Gasteiger partial charge on any atom is 0 e. The van der Waals surface area contributed by atoms with Gasteiger partial charge < -0.3 is 9.40 Å². The van der Waals surface area contributed by atoms with E-state index in [1.807, 2.05) is 30.5 Å². The van der Waals surface area contributed by atoms with Gasteiger partial charge in [-0.1, -0.05) is 55.6 Å². The van der Waals surface area contributed by atoms with Crippen LogP contribution in [0.1, 0.15) is 65.9 Å². The molecule has 3 aromatic heterocycles. The summed E-state index contributed by atoms with van der Waals surface area (Å²) in [7, 11) is 0. The molecule has 6 heteroatoms. The molecule has 0 saturated carbocycles. The van der Waals surface area contributed by atoms with E-state index >= 15 is 0 Å². The van der Waals surface area contributed by atoms with Gasteiger partial charge in [-0.2, -0.15) is 0 Å². The van der Waals surface area contributed by atoms with Crippen LogP contribution in [0.25, 0.3) is 55.6 Å². The number of pyridine rings is 2. The van der Waals surface area contributed by atoms with Crippen molar-refractivity contribution >= 4 is 39.6 Å². The fraction of sp³-hybridized carbons (Fsp3) is 0.239. The van der Waals surface area contributed by atoms with E-state index in [4.69, 9.17) is 15.2 Å². The molecular formula is C46H43GeIrN3O-2. The van der Waals surface area contributed by atoms with Crippen LogP contribution in [0, 0.1) is 30.3 Å². The zero-order valence-corrected chi connectivity index (χ0v) is 34.6. The third-order valence-corrected chi connectivity index (χ3v) is 13.9. The summed E-state index contributed by atoms with van der Waals surface area (Å²) < 4.78 is 39.7.